The van der Waals surface area contributed by atoms with Gasteiger partial charge in [0.15, 0.2) is 5.17 Å². The van der Waals surface area contributed by atoms with E-state index in [1.807, 2.05) is 75.4 Å². The molecule has 1 atom stereocenters. The Morgan fingerprint density at radius 1 is 1.12 bits per heavy atom. The number of hydrogen-bond donors (Lipinski definition) is 0. The largest absolute Gasteiger partial charge is 0.273 e. The number of nitrogens with zero attached hydrogens (tertiary/aromatic N) is 3. The summed E-state index contributed by atoms with van der Waals surface area (Å²) in [6.45, 7) is 5.97. The molecule has 3 rings (SSSR count). The lowest BCUT2D eigenvalue weighted by atomic mass is 10.1. The predicted molar refractivity (Wildman–Crippen MR) is 106 cm³/mol. The molecule has 128 valence electrons. The minimum Gasteiger partial charge on any atom is -0.273 e. The number of rotatable bonds is 4. The van der Waals surface area contributed by atoms with E-state index in [-0.39, 0.29) is 11.2 Å². The lowest BCUT2D eigenvalue weighted by Crippen LogP contribution is -2.31. The van der Waals surface area contributed by atoms with Gasteiger partial charge in [0.2, 0.25) is 5.91 Å². The molecule has 0 aliphatic carbocycles. The fourth-order valence-corrected chi connectivity index (χ4v) is 3.60. The van der Waals surface area contributed by atoms with Gasteiger partial charge in [-0.05, 0) is 38.0 Å². The first-order valence-corrected chi connectivity index (χ1v) is 9.23. The highest BCUT2D eigenvalue weighted by atomic mass is 32.2. The normalized spacial score (nSPS) is 19.7. The fourth-order valence-electron chi connectivity index (χ4n) is 2.58. The molecule has 4 nitrogen and oxygen atoms in total. The minimum atomic E-state index is -0.104. The van der Waals surface area contributed by atoms with E-state index < -0.39 is 0 Å². The van der Waals surface area contributed by atoms with Crippen molar-refractivity contribution in [1.29, 1.82) is 0 Å². The predicted octanol–water partition coefficient (Wildman–Crippen LogP) is 4.63. The molecule has 2 aromatic carbocycles. The average molecular weight is 351 g/mol. The van der Waals surface area contributed by atoms with Crippen LogP contribution in [0.2, 0.25) is 0 Å². The Morgan fingerprint density at radius 2 is 1.80 bits per heavy atom. The topological polar surface area (TPSA) is 45.0 Å². The third-order valence-corrected chi connectivity index (χ3v) is 5.37. The third kappa shape index (κ3) is 3.82. The summed E-state index contributed by atoms with van der Waals surface area (Å²) in [5.74, 6) is 0.0719. The van der Waals surface area contributed by atoms with Gasteiger partial charge >= 0.3 is 0 Å². The van der Waals surface area contributed by atoms with Crippen LogP contribution >= 0.6 is 11.8 Å². The zero-order valence-corrected chi connectivity index (χ0v) is 15.5. The van der Waals surface area contributed by atoms with Crippen LogP contribution in [0.4, 0.5) is 5.69 Å². The number of carbonyl (C=O) groups is 1. The van der Waals surface area contributed by atoms with Crippen molar-refractivity contribution in [2.75, 3.05) is 4.90 Å². The highest BCUT2D eigenvalue weighted by Gasteiger charge is 2.38. The number of anilines is 1. The maximum Gasteiger partial charge on any atom is 0.246 e. The van der Waals surface area contributed by atoms with Crippen LogP contribution < -0.4 is 4.90 Å². The average Bonchev–Trinajstić information content (AvgIpc) is 2.97. The van der Waals surface area contributed by atoms with Crippen molar-refractivity contribution in [2.24, 2.45) is 10.2 Å². The van der Waals surface area contributed by atoms with Crippen molar-refractivity contribution < 1.29 is 4.79 Å². The van der Waals surface area contributed by atoms with Gasteiger partial charge in [0.05, 0.1) is 16.6 Å². The van der Waals surface area contributed by atoms with Crippen molar-refractivity contribution >= 4 is 34.2 Å². The highest BCUT2D eigenvalue weighted by molar-refractivity contribution is 8.16. The highest BCUT2D eigenvalue weighted by Crippen LogP contribution is 2.33. The molecule has 1 aliphatic heterocycles. The number of amidine groups is 1. The van der Waals surface area contributed by atoms with E-state index in [9.17, 15) is 4.79 Å². The Morgan fingerprint density at radius 3 is 2.44 bits per heavy atom. The maximum absolute atomic E-state index is 12.7. The molecule has 1 heterocycles. The van der Waals surface area contributed by atoms with Gasteiger partial charge in [0.25, 0.3) is 0 Å². The van der Waals surface area contributed by atoms with E-state index in [2.05, 4.69) is 10.2 Å². The van der Waals surface area contributed by atoms with Crippen LogP contribution in [0, 0.1) is 6.92 Å². The molecule has 2 aromatic rings. The molecular weight excluding hydrogens is 330 g/mol. The Balaban J connectivity index is 1.94. The first-order chi connectivity index (χ1) is 12.1. The van der Waals surface area contributed by atoms with Crippen molar-refractivity contribution in [3.8, 4) is 0 Å². The summed E-state index contributed by atoms with van der Waals surface area (Å²) in [4.78, 5) is 14.4. The van der Waals surface area contributed by atoms with Crippen LogP contribution in [-0.4, -0.2) is 22.0 Å². The standard InChI is InChI=1S/C20H21N3OS/c1-4-18-19(24)23(17-12-10-14(2)11-13-17)20(25-18)22-21-15(3)16-8-6-5-7-9-16/h5-13,18H,4H2,1-3H3/b21-15-,22-20+. The molecule has 25 heavy (non-hydrogen) atoms. The Bertz CT molecular complexity index is 813. The van der Waals surface area contributed by atoms with E-state index in [0.717, 1.165) is 28.9 Å². The van der Waals surface area contributed by atoms with Gasteiger partial charge in [-0.25, -0.2) is 0 Å². The number of thioether (sulfide) groups is 1. The summed E-state index contributed by atoms with van der Waals surface area (Å²) >= 11 is 1.48. The lowest BCUT2D eigenvalue weighted by molar-refractivity contribution is -0.116. The molecule has 0 radical (unpaired) electrons. The van der Waals surface area contributed by atoms with E-state index in [1.54, 1.807) is 4.90 Å². The first kappa shape index (κ1) is 17.4. The van der Waals surface area contributed by atoms with Crippen LogP contribution in [0.15, 0.2) is 64.8 Å². The maximum atomic E-state index is 12.7. The number of hydrogen-bond acceptors (Lipinski definition) is 4. The summed E-state index contributed by atoms with van der Waals surface area (Å²) < 4.78 is 0. The zero-order valence-electron chi connectivity index (χ0n) is 14.6. The van der Waals surface area contributed by atoms with Gasteiger partial charge in [-0.2, -0.15) is 5.10 Å². The molecular formula is C20H21N3OS. The molecule has 5 heteroatoms. The molecule has 1 saturated heterocycles. The van der Waals surface area contributed by atoms with Crippen molar-refractivity contribution in [3.63, 3.8) is 0 Å². The quantitative estimate of drug-likeness (QED) is 0.595. The molecule has 1 amide bonds. The van der Waals surface area contributed by atoms with Crippen molar-refractivity contribution in [3.05, 3.63) is 65.7 Å². The van der Waals surface area contributed by atoms with Crippen molar-refractivity contribution in [1.82, 2.24) is 0 Å². The molecule has 0 bridgehead atoms. The Kier molecular flexibility index (Phi) is 5.34. The number of amides is 1. The molecule has 1 fully saturated rings. The summed E-state index contributed by atoms with van der Waals surface area (Å²) in [5, 5.41) is 9.29. The second-order valence-electron chi connectivity index (χ2n) is 5.96. The summed E-state index contributed by atoms with van der Waals surface area (Å²) in [7, 11) is 0. The second-order valence-corrected chi connectivity index (χ2v) is 7.13. The zero-order chi connectivity index (χ0) is 17.8. The van der Waals surface area contributed by atoms with Gasteiger partial charge in [0, 0.05) is 0 Å². The number of benzene rings is 2. The van der Waals surface area contributed by atoms with E-state index >= 15 is 0 Å². The molecule has 0 N–H and O–H groups in total. The second kappa shape index (κ2) is 7.66. The van der Waals surface area contributed by atoms with E-state index in [4.69, 9.17) is 0 Å². The van der Waals surface area contributed by atoms with Gasteiger partial charge in [-0.3, -0.25) is 9.69 Å². The van der Waals surface area contributed by atoms with Gasteiger partial charge in [0.1, 0.15) is 0 Å². The first-order valence-electron chi connectivity index (χ1n) is 8.35. The number of carbonyl (C=O) groups excluding carboxylic acids is 1. The molecule has 0 aromatic heterocycles. The summed E-state index contributed by atoms with van der Waals surface area (Å²) in [5.41, 5.74) is 3.84. The Labute approximate surface area is 152 Å². The monoisotopic (exact) mass is 351 g/mol. The third-order valence-electron chi connectivity index (χ3n) is 4.07. The van der Waals surface area contributed by atoms with Gasteiger partial charge < -0.3 is 0 Å². The summed E-state index contributed by atoms with van der Waals surface area (Å²) in [6.07, 6.45) is 0.770. The lowest BCUT2D eigenvalue weighted by Gasteiger charge is -2.16. The van der Waals surface area contributed by atoms with Crippen LogP contribution in [0.25, 0.3) is 0 Å². The SMILES string of the molecule is CCC1S/C(=N/N=C(/C)c2ccccc2)N(c2ccc(C)cc2)C1=O. The summed E-state index contributed by atoms with van der Waals surface area (Å²) in [6, 6.07) is 17.8. The molecule has 1 aliphatic rings. The number of aryl methyl sites for hydroxylation is 1. The minimum absolute atomic E-state index is 0.0719. The van der Waals surface area contributed by atoms with E-state index in [0.29, 0.717) is 5.17 Å². The van der Waals surface area contributed by atoms with E-state index in [1.165, 1.54) is 11.8 Å². The van der Waals surface area contributed by atoms with Crippen LogP contribution in [-0.2, 0) is 4.79 Å². The van der Waals surface area contributed by atoms with Crippen LogP contribution in [0.3, 0.4) is 0 Å². The van der Waals surface area contributed by atoms with Crippen LogP contribution in [0.5, 0.6) is 0 Å². The molecule has 0 spiro atoms. The Hall–Kier alpha value is -2.40. The van der Waals surface area contributed by atoms with Crippen molar-refractivity contribution in [2.45, 2.75) is 32.4 Å². The smallest absolute Gasteiger partial charge is 0.246 e. The van der Waals surface area contributed by atoms with Gasteiger partial charge in [-0.1, -0.05) is 66.7 Å². The van der Waals surface area contributed by atoms with Crippen LogP contribution in [0.1, 0.15) is 31.4 Å². The molecule has 1 unspecified atom stereocenters. The van der Waals surface area contributed by atoms with Gasteiger partial charge in [-0.15, -0.1) is 5.10 Å². The molecule has 0 saturated carbocycles. The fraction of sp³-hybridized carbons (Fsp3) is 0.250.